The van der Waals surface area contributed by atoms with Crippen molar-refractivity contribution >= 4 is 12.9 Å². The second kappa shape index (κ2) is 11.3. The molecular formula is C34H56O5. The first kappa shape index (κ1) is 31.9. The van der Waals surface area contributed by atoms with E-state index < -0.39 is 6.10 Å². The van der Waals surface area contributed by atoms with E-state index in [-0.39, 0.29) is 41.1 Å². The first-order valence-corrected chi connectivity index (χ1v) is 15.0. The molecule has 4 rings (SSSR count). The zero-order valence-electron chi connectivity index (χ0n) is 25.0. The summed E-state index contributed by atoms with van der Waals surface area (Å²) in [6, 6.07) is 0. The summed E-state index contributed by atoms with van der Waals surface area (Å²) in [6.07, 6.45) is 7.92. The molecule has 4 aliphatic carbocycles. The van der Waals surface area contributed by atoms with Crippen LogP contribution in [0, 0.1) is 45.3 Å². The summed E-state index contributed by atoms with van der Waals surface area (Å²) in [6.45, 7) is 22.3. The zero-order chi connectivity index (χ0) is 28.1. The average Bonchev–Trinajstić information content (AvgIpc) is 3.05. The molecular weight excluding hydrogens is 488 g/mol. The van der Waals surface area contributed by atoms with Gasteiger partial charge in [0.2, 0.25) is 0 Å². The molecule has 0 saturated heterocycles. The van der Waals surface area contributed by atoms with Gasteiger partial charge in [0.05, 0.1) is 12.7 Å². The molecule has 8 atom stereocenters. The minimum Gasteiger partial charge on any atom is -0.468 e. The molecule has 0 amide bonds. The maximum absolute atomic E-state index is 11.6. The fourth-order valence-electron chi connectivity index (χ4n) is 10.0. The molecule has 1 N–H and O–H groups in total. The van der Waals surface area contributed by atoms with Crippen molar-refractivity contribution in [3.63, 3.8) is 0 Å². The van der Waals surface area contributed by atoms with Gasteiger partial charge in [-0.05, 0) is 97.2 Å². The number of carbonyl (C=O) groups is 2. The molecule has 0 aliphatic heterocycles. The molecule has 0 heterocycles. The van der Waals surface area contributed by atoms with Gasteiger partial charge < -0.3 is 14.6 Å². The summed E-state index contributed by atoms with van der Waals surface area (Å²) in [7, 11) is 0. The molecule has 0 bridgehead atoms. The molecule has 4 aliphatic rings. The quantitative estimate of drug-likeness (QED) is 0.226. The Kier molecular flexibility index (Phi) is 9.27. The van der Waals surface area contributed by atoms with Gasteiger partial charge in [-0.2, -0.15) is 0 Å². The Labute approximate surface area is 238 Å². The lowest BCUT2D eigenvalue weighted by Crippen LogP contribution is -2.54. The molecule has 0 spiro atoms. The van der Waals surface area contributed by atoms with Crippen LogP contribution in [0.4, 0.5) is 0 Å². The molecule has 0 aromatic heterocycles. The third-order valence-electron chi connectivity index (χ3n) is 12.6. The van der Waals surface area contributed by atoms with Crippen LogP contribution in [0.1, 0.15) is 114 Å². The van der Waals surface area contributed by atoms with Crippen LogP contribution >= 0.6 is 0 Å². The Hall–Kier alpha value is -1.62. The molecule has 2 fully saturated rings. The molecule has 39 heavy (non-hydrogen) atoms. The second-order valence-electron chi connectivity index (χ2n) is 14.6. The molecule has 0 aromatic rings. The topological polar surface area (TPSA) is 72.8 Å². The van der Waals surface area contributed by atoms with E-state index in [1.54, 1.807) is 11.1 Å². The monoisotopic (exact) mass is 544 g/mol. The molecule has 5 heteroatoms. The van der Waals surface area contributed by atoms with Crippen LogP contribution in [0.5, 0.6) is 0 Å². The zero-order valence-corrected chi connectivity index (χ0v) is 25.0. The third-order valence-corrected chi connectivity index (χ3v) is 12.6. The Morgan fingerprint density at radius 2 is 1.74 bits per heavy atom. The summed E-state index contributed by atoms with van der Waals surface area (Å²) < 4.78 is 11.0. The number of fused-ring (bicyclic) bond motifs is 4. The Balaban J connectivity index is 0.00000420. The largest absolute Gasteiger partial charge is 0.468 e. The van der Waals surface area contributed by atoms with Crippen molar-refractivity contribution in [2.45, 2.75) is 126 Å². The minimum atomic E-state index is -0.493. The van der Waals surface area contributed by atoms with Crippen molar-refractivity contribution < 1.29 is 24.2 Å². The highest BCUT2D eigenvalue weighted by Crippen LogP contribution is 2.72. The Morgan fingerprint density at radius 1 is 1.05 bits per heavy atom. The second-order valence-corrected chi connectivity index (χ2v) is 14.6. The lowest BCUT2D eigenvalue weighted by molar-refractivity contribution is -0.143. The van der Waals surface area contributed by atoms with Crippen LogP contribution < -0.4 is 0 Å². The highest BCUT2D eigenvalue weighted by atomic mass is 16.5. The lowest BCUT2D eigenvalue weighted by atomic mass is 9.42. The fraction of sp³-hybridized carbons (Fsp3) is 0.824. The van der Waals surface area contributed by atoms with Crippen LogP contribution in [-0.2, 0) is 19.1 Å². The summed E-state index contributed by atoms with van der Waals surface area (Å²) in [4.78, 5) is 22.5. The van der Waals surface area contributed by atoms with Gasteiger partial charge in [-0.25, -0.2) is 0 Å². The normalized spacial score (nSPS) is 39.5. The van der Waals surface area contributed by atoms with Crippen LogP contribution in [0.25, 0.3) is 0 Å². The maximum atomic E-state index is 11.6. The van der Waals surface area contributed by atoms with E-state index in [1.807, 2.05) is 0 Å². The highest BCUT2D eigenvalue weighted by molar-refractivity contribution is 5.41. The average molecular weight is 545 g/mol. The SMILES string of the molecule is C.C=C(CC[C@@H](OC=O)C1[C@H](O)C[C@@]2(C)C3=C(CC[C@]12C)[C@@]1(C)CCC(COC=O)C(C)(C)[C@@H]1CC3)C(C)C. The minimum absolute atomic E-state index is 0. The number of aliphatic hydroxyl groups is 1. The number of allylic oxidation sites excluding steroid dienone is 3. The van der Waals surface area contributed by atoms with Gasteiger partial charge in [0.25, 0.3) is 12.9 Å². The molecule has 5 nitrogen and oxygen atoms in total. The van der Waals surface area contributed by atoms with Crippen molar-refractivity contribution in [3.8, 4) is 0 Å². The van der Waals surface area contributed by atoms with Crippen LogP contribution in [0.2, 0.25) is 0 Å². The number of hydrogen-bond acceptors (Lipinski definition) is 5. The van der Waals surface area contributed by atoms with E-state index in [9.17, 15) is 14.7 Å². The van der Waals surface area contributed by atoms with E-state index in [4.69, 9.17) is 9.47 Å². The van der Waals surface area contributed by atoms with Gasteiger partial charge in [-0.15, -0.1) is 0 Å². The third kappa shape index (κ3) is 4.93. The van der Waals surface area contributed by atoms with E-state index in [2.05, 4.69) is 55.0 Å². The highest BCUT2D eigenvalue weighted by Gasteiger charge is 2.66. The van der Waals surface area contributed by atoms with Crippen molar-refractivity contribution in [1.82, 2.24) is 0 Å². The number of ether oxygens (including phenoxy) is 2. The summed E-state index contributed by atoms with van der Waals surface area (Å²) >= 11 is 0. The molecule has 0 radical (unpaired) electrons. The first-order chi connectivity index (χ1) is 17.8. The Bertz CT molecular complexity index is 965. The predicted octanol–water partition coefficient (Wildman–Crippen LogP) is 7.67. The number of rotatable bonds is 10. The van der Waals surface area contributed by atoms with E-state index >= 15 is 0 Å². The van der Waals surface area contributed by atoms with Crippen molar-refractivity contribution in [3.05, 3.63) is 23.3 Å². The van der Waals surface area contributed by atoms with Gasteiger partial charge in [0.15, 0.2) is 0 Å². The van der Waals surface area contributed by atoms with E-state index in [0.717, 1.165) is 51.4 Å². The van der Waals surface area contributed by atoms with Crippen molar-refractivity contribution in [2.24, 2.45) is 45.3 Å². The Morgan fingerprint density at radius 3 is 2.36 bits per heavy atom. The first-order valence-electron chi connectivity index (χ1n) is 15.0. The molecule has 2 saturated carbocycles. The molecule has 0 aromatic carbocycles. The molecule has 2 unspecified atom stereocenters. The van der Waals surface area contributed by atoms with E-state index in [0.29, 0.717) is 43.7 Å². The van der Waals surface area contributed by atoms with E-state index in [1.165, 1.54) is 5.57 Å². The lowest BCUT2D eigenvalue weighted by Gasteiger charge is -2.62. The van der Waals surface area contributed by atoms with Crippen LogP contribution in [0.3, 0.4) is 0 Å². The number of carbonyl (C=O) groups excluding carboxylic acids is 2. The summed E-state index contributed by atoms with van der Waals surface area (Å²) in [5, 5.41) is 11.6. The van der Waals surface area contributed by atoms with Gasteiger partial charge in [0.1, 0.15) is 6.10 Å². The maximum Gasteiger partial charge on any atom is 0.293 e. The number of aliphatic hydroxyl groups excluding tert-OH is 1. The van der Waals surface area contributed by atoms with Crippen molar-refractivity contribution in [2.75, 3.05) is 6.61 Å². The van der Waals surface area contributed by atoms with Gasteiger partial charge in [-0.1, -0.05) is 79.2 Å². The van der Waals surface area contributed by atoms with Crippen LogP contribution in [0.15, 0.2) is 23.3 Å². The molecule has 222 valence electrons. The standard InChI is InChI=1S/C33H52O5.CH4/c1-21(2)22(3)9-11-27(38-20-35)29-26(36)17-33(8)25-10-12-28-30(4,5)23(18-37-19-34)13-15-31(28,6)24(25)14-16-32(29,33)7;/h19-21,23,26-29,36H,3,9-18H2,1-2,4-8H3;1H4/t23?,26-,27-,28+,29?,31-,32-,33+;/m1./s1. The summed E-state index contributed by atoms with van der Waals surface area (Å²) in [5.41, 5.74) is 4.38. The van der Waals surface area contributed by atoms with Crippen LogP contribution in [-0.4, -0.2) is 36.9 Å². The number of hydrogen-bond donors (Lipinski definition) is 1. The van der Waals surface area contributed by atoms with Gasteiger partial charge in [-0.3, -0.25) is 9.59 Å². The van der Waals surface area contributed by atoms with Gasteiger partial charge in [0, 0.05) is 5.92 Å². The predicted molar refractivity (Wildman–Crippen MR) is 157 cm³/mol. The van der Waals surface area contributed by atoms with Crippen molar-refractivity contribution in [1.29, 1.82) is 0 Å². The smallest absolute Gasteiger partial charge is 0.293 e. The fourth-order valence-corrected chi connectivity index (χ4v) is 10.0. The summed E-state index contributed by atoms with van der Waals surface area (Å²) in [5.74, 6) is 1.25. The van der Waals surface area contributed by atoms with Gasteiger partial charge >= 0.3 is 0 Å².